The number of nitrogens with one attached hydrogen (secondary N) is 1. The van der Waals surface area contributed by atoms with Crippen LogP contribution in [-0.4, -0.2) is 19.2 Å². The lowest BCUT2D eigenvalue weighted by Gasteiger charge is -2.13. The summed E-state index contributed by atoms with van der Waals surface area (Å²) in [5, 5.41) is 3.41. The Morgan fingerprint density at radius 1 is 1.05 bits per heavy atom. The fourth-order valence-corrected chi connectivity index (χ4v) is 2.11. The number of ether oxygens (including phenoxy) is 2. The van der Waals surface area contributed by atoms with Crippen molar-refractivity contribution in [3.05, 3.63) is 53.3 Å². The molecule has 1 aromatic heterocycles. The van der Waals surface area contributed by atoms with Crippen LogP contribution in [0, 0.1) is 6.92 Å². The van der Waals surface area contributed by atoms with Crippen molar-refractivity contribution in [2.75, 3.05) is 14.2 Å². The molecule has 0 aliphatic rings. The zero-order chi connectivity index (χ0) is 14.4. The maximum Gasteiger partial charge on any atom is 0.165 e. The van der Waals surface area contributed by atoms with Crippen LogP contribution in [0.2, 0.25) is 0 Å². The minimum absolute atomic E-state index is 0.717. The van der Waals surface area contributed by atoms with E-state index in [1.54, 1.807) is 14.2 Å². The van der Waals surface area contributed by atoms with Crippen molar-refractivity contribution in [3.8, 4) is 11.5 Å². The molecule has 0 amide bonds. The van der Waals surface area contributed by atoms with E-state index in [2.05, 4.69) is 17.2 Å². The van der Waals surface area contributed by atoms with Crippen molar-refractivity contribution in [2.45, 2.75) is 20.0 Å². The quantitative estimate of drug-likeness (QED) is 0.878. The molecule has 0 saturated heterocycles. The van der Waals surface area contributed by atoms with Gasteiger partial charge in [-0.05, 0) is 30.2 Å². The van der Waals surface area contributed by atoms with Crippen LogP contribution in [0.5, 0.6) is 11.5 Å². The van der Waals surface area contributed by atoms with E-state index in [0.717, 1.165) is 23.6 Å². The summed E-state index contributed by atoms with van der Waals surface area (Å²) in [6.45, 7) is 3.58. The van der Waals surface area contributed by atoms with Crippen LogP contribution >= 0.6 is 0 Å². The van der Waals surface area contributed by atoms with Crippen LogP contribution in [0.4, 0.5) is 0 Å². The van der Waals surface area contributed by atoms with Crippen molar-refractivity contribution in [2.24, 2.45) is 0 Å². The Balaban J connectivity index is 2.03. The van der Waals surface area contributed by atoms with Gasteiger partial charge in [-0.3, -0.25) is 4.98 Å². The van der Waals surface area contributed by atoms with Gasteiger partial charge in [0, 0.05) is 31.0 Å². The number of hydrogen-bond donors (Lipinski definition) is 1. The summed E-state index contributed by atoms with van der Waals surface area (Å²) in [4.78, 5) is 4.15. The van der Waals surface area contributed by atoms with E-state index in [1.165, 1.54) is 11.1 Å². The minimum Gasteiger partial charge on any atom is -0.493 e. The molecule has 0 atom stereocenters. The van der Waals surface area contributed by atoms with Gasteiger partial charge < -0.3 is 14.8 Å². The molecule has 106 valence electrons. The first kappa shape index (κ1) is 14.3. The van der Waals surface area contributed by atoms with Gasteiger partial charge in [-0.15, -0.1) is 0 Å². The second-order valence-electron chi connectivity index (χ2n) is 4.56. The molecule has 0 saturated carbocycles. The molecule has 1 N–H and O–H groups in total. The Bertz CT molecular complexity index is 570. The smallest absolute Gasteiger partial charge is 0.165 e. The van der Waals surface area contributed by atoms with Crippen LogP contribution in [0.3, 0.4) is 0 Å². The molecule has 1 aromatic carbocycles. The summed E-state index contributed by atoms with van der Waals surface area (Å²) >= 11 is 0. The zero-order valence-corrected chi connectivity index (χ0v) is 12.1. The summed E-state index contributed by atoms with van der Waals surface area (Å²) < 4.78 is 10.7. The van der Waals surface area contributed by atoms with Gasteiger partial charge in [0.1, 0.15) is 0 Å². The first-order chi connectivity index (χ1) is 9.76. The molecule has 0 aliphatic carbocycles. The topological polar surface area (TPSA) is 43.4 Å². The van der Waals surface area contributed by atoms with Crippen molar-refractivity contribution in [1.29, 1.82) is 0 Å². The van der Waals surface area contributed by atoms with Crippen LogP contribution in [0.25, 0.3) is 0 Å². The largest absolute Gasteiger partial charge is 0.493 e. The summed E-state index contributed by atoms with van der Waals surface area (Å²) in [5.41, 5.74) is 3.52. The molecule has 0 aliphatic heterocycles. The minimum atomic E-state index is 0.717. The van der Waals surface area contributed by atoms with Gasteiger partial charge in [0.15, 0.2) is 11.5 Å². The Morgan fingerprint density at radius 3 is 2.55 bits per heavy atom. The highest BCUT2D eigenvalue weighted by Gasteiger charge is 2.08. The van der Waals surface area contributed by atoms with Crippen LogP contribution in [0.1, 0.15) is 16.7 Å². The summed E-state index contributed by atoms with van der Waals surface area (Å²) in [7, 11) is 3.31. The molecule has 0 fully saturated rings. The van der Waals surface area contributed by atoms with E-state index in [-0.39, 0.29) is 0 Å². The average molecular weight is 272 g/mol. The fourth-order valence-electron chi connectivity index (χ4n) is 2.11. The molecule has 1 heterocycles. The van der Waals surface area contributed by atoms with Gasteiger partial charge >= 0.3 is 0 Å². The van der Waals surface area contributed by atoms with Crippen LogP contribution in [0.15, 0.2) is 36.7 Å². The van der Waals surface area contributed by atoms with Crippen LogP contribution < -0.4 is 14.8 Å². The highest BCUT2D eigenvalue weighted by Crippen LogP contribution is 2.30. The molecule has 20 heavy (non-hydrogen) atoms. The molecule has 0 spiro atoms. The van der Waals surface area contributed by atoms with Crippen molar-refractivity contribution < 1.29 is 9.47 Å². The molecule has 0 radical (unpaired) electrons. The number of rotatable bonds is 6. The second-order valence-corrected chi connectivity index (χ2v) is 4.56. The number of hydrogen-bond acceptors (Lipinski definition) is 4. The van der Waals surface area contributed by atoms with E-state index in [4.69, 9.17) is 9.47 Å². The number of methoxy groups -OCH3 is 2. The Morgan fingerprint density at radius 2 is 1.85 bits per heavy atom. The van der Waals surface area contributed by atoms with Crippen molar-refractivity contribution >= 4 is 0 Å². The van der Waals surface area contributed by atoms with Gasteiger partial charge in [0.05, 0.1) is 14.2 Å². The third kappa shape index (κ3) is 3.27. The number of aryl methyl sites for hydroxylation is 1. The lowest BCUT2D eigenvalue weighted by molar-refractivity contribution is 0.350. The highest BCUT2D eigenvalue weighted by molar-refractivity contribution is 5.46. The summed E-state index contributed by atoms with van der Waals surface area (Å²) in [5.74, 6) is 1.54. The maximum atomic E-state index is 5.42. The van der Waals surface area contributed by atoms with Gasteiger partial charge in [-0.1, -0.05) is 12.1 Å². The third-order valence-corrected chi connectivity index (χ3v) is 3.26. The van der Waals surface area contributed by atoms with Gasteiger partial charge in [0.2, 0.25) is 0 Å². The molecule has 2 aromatic rings. The molecule has 4 heteroatoms. The normalized spacial score (nSPS) is 10.3. The van der Waals surface area contributed by atoms with Crippen LogP contribution in [-0.2, 0) is 13.1 Å². The van der Waals surface area contributed by atoms with E-state index in [9.17, 15) is 0 Å². The number of nitrogens with zero attached hydrogens (tertiary/aromatic N) is 1. The standard InChI is InChI=1S/C16H20N2O2/c1-12-7-8-17-10-14(12)11-18-9-13-5-4-6-15(19-2)16(13)20-3/h4-8,10,18H,9,11H2,1-3H3. The first-order valence-corrected chi connectivity index (χ1v) is 6.56. The van der Waals surface area contributed by atoms with Gasteiger partial charge in [0.25, 0.3) is 0 Å². The van der Waals surface area contributed by atoms with Crippen molar-refractivity contribution in [1.82, 2.24) is 10.3 Å². The average Bonchev–Trinajstić information content (AvgIpc) is 2.48. The monoisotopic (exact) mass is 272 g/mol. The molecule has 0 unspecified atom stereocenters. The maximum absolute atomic E-state index is 5.42. The predicted octanol–water partition coefficient (Wildman–Crippen LogP) is 2.70. The number of benzene rings is 1. The Labute approximate surface area is 119 Å². The Kier molecular flexibility index (Phi) is 4.96. The van der Waals surface area contributed by atoms with Gasteiger partial charge in [-0.2, -0.15) is 0 Å². The van der Waals surface area contributed by atoms with E-state index >= 15 is 0 Å². The second kappa shape index (κ2) is 6.91. The SMILES string of the molecule is COc1cccc(CNCc2cnccc2C)c1OC. The van der Waals surface area contributed by atoms with E-state index < -0.39 is 0 Å². The van der Waals surface area contributed by atoms with E-state index in [0.29, 0.717) is 6.54 Å². The number of pyridine rings is 1. The molecule has 0 bridgehead atoms. The summed E-state index contributed by atoms with van der Waals surface area (Å²) in [6, 6.07) is 7.91. The third-order valence-electron chi connectivity index (χ3n) is 3.26. The Hall–Kier alpha value is -2.07. The zero-order valence-electron chi connectivity index (χ0n) is 12.1. The first-order valence-electron chi connectivity index (χ1n) is 6.56. The van der Waals surface area contributed by atoms with Crippen molar-refractivity contribution in [3.63, 3.8) is 0 Å². The molecular formula is C16H20N2O2. The highest BCUT2D eigenvalue weighted by atomic mass is 16.5. The number of aromatic nitrogens is 1. The van der Waals surface area contributed by atoms with Gasteiger partial charge in [-0.25, -0.2) is 0 Å². The van der Waals surface area contributed by atoms with E-state index in [1.807, 2.05) is 36.7 Å². The fraction of sp³-hybridized carbons (Fsp3) is 0.312. The number of para-hydroxylation sites is 1. The molecule has 2 rings (SSSR count). The molecular weight excluding hydrogens is 252 g/mol. The molecule has 4 nitrogen and oxygen atoms in total. The summed E-state index contributed by atoms with van der Waals surface area (Å²) in [6.07, 6.45) is 3.70. The lowest BCUT2D eigenvalue weighted by atomic mass is 10.1. The predicted molar refractivity (Wildman–Crippen MR) is 79.1 cm³/mol. The lowest BCUT2D eigenvalue weighted by Crippen LogP contribution is -2.14.